The number of aromatic nitrogens is 2. The quantitative estimate of drug-likeness (QED) is 0.443. The fourth-order valence-corrected chi connectivity index (χ4v) is 2.28. The molecule has 0 saturated carbocycles. The third-order valence-electron chi connectivity index (χ3n) is 3.40. The monoisotopic (exact) mass is 315 g/mol. The summed E-state index contributed by atoms with van der Waals surface area (Å²) in [6.45, 7) is 3.12. The molecule has 124 valence electrons. The van der Waals surface area contributed by atoms with Crippen molar-refractivity contribution in [1.29, 1.82) is 0 Å². The van der Waals surface area contributed by atoms with Gasteiger partial charge in [-0.3, -0.25) is 9.67 Å². The summed E-state index contributed by atoms with van der Waals surface area (Å²) in [4.78, 5) is 4.24. The SMILES string of the molecule is CN=C(NCCCn1cccn1)NCc1cccc(COC)c1. The van der Waals surface area contributed by atoms with Crippen molar-refractivity contribution >= 4 is 5.96 Å². The van der Waals surface area contributed by atoms with Crippen molar-refractivity contribution in [3.63, 3.8) is 0 Å². The number of nitrogens with one attached hydrogen (secondary N) is 2. The zero-order valence-electron chi connectivity index (χ0n) is 13.8. The number of ether oxygens (including phenoxy) is 1. The van der Waals surface area contributed by atoms with E-state index in [4.69, 9.17) is 4.74 Å². The highest BCUT2D eigenvalue weighted by Gasteiger charge is 2.00. The first-order chi connectivity index (χ1) is 11.3. The Morgan fingerprint density at radius 1 is 1.26 bits per heavy atom. The summed E-state index contributed by atoms with van der Waals surface area (Å²) in [5, 5.41) is 10.8. The van der Waals surface area contributed by atoms with Gasteiger partial charge in [0.25, 0.3) is 0 Å². The van der Waals surface area contributed by atoms with Crippen LogP contribution >= 0.6 is 0 Å². The molecule has 6 heteroatoms. The zero-order chi connectivity index (χ0) is 16.3. The largest absolute Gasteiger partial charge is 0.380 e. The van der Waals surface area contributed by atoms with Crippen molar-refractivity contribution in [3.05, 3.63) is 53.9 Å². The molecular formula is C17H25N5O. The second kappa shape index (κ2) is 9.63. The van der Waals surface area contributed by atoms with Gasteiger partial charge in [0, 0.05) is 46.2 Å². The molecule has 2 rings (SSSR count). The van der Waals surface area contributed by atoms with Crippen LogP contribution in [0.3, 0.4) is 0 Å². The van der Waals surface area contributed by atoms with Crippen LogP contribution in [0.25, 0.3) is 0 Å². The standard InChI is InChI=1S/C17H25N5O/c1-18-17(19-8-4-10-22-11-5-9-21-22)20-13-15-6-3-7-16(12-15)14-23-2/h3,5-7,9,11-12H,4,8,10,13-14H2,1-2H3,(H2,18,19,20). The summed E-state index contributed by atoms with van der Waals surface area (Å²) in [5.41, 5.74) is 2.38. The van der Waals surface area contributed by atoms with E-state index in [9.17, 15) is 0 Å². The number of aryl methyl sites for hydroxylation is 1. The Kier molecular flexibility index (Phi) is 7.13. The lowest BCUT2D eigenvalue weighted by molar-refractivity contribution is 0.185. The van der Waals surface area contributed by atoms with Gasteiger partial charge in [-0.2, -0.15) is 5.10 Å². The summed E-state index contributed by atoms with van der Waals surface area (Å²) in [6.07, 6.45) is 4.76. The average molecular weight is 315 g/mol. The number of aliphatic imine (C=N–C) groups is 1. The molecule has 0 fully saturated rings. The summed E-state index contributed by atoms with van der Waals surface area (Å²) in [5.74, 6) is 0.808. The van der Waals surface area contributed by atoms with Crippen molar-refractivity contribution in [2.24, 2.45) is 4.99 Å². The second-order valence-electron chi connectivity index (χ2n) is 5.23. The van der Waals surface area contributed by atoms with E-state index in [2.05, 4.69) is 38.9 Å². The van der Waals surface area contributed by atoms with E-state index >= 15 is 0 Å². The van der Waals surface area contributed by atoms with Crippen LogP contribution in [0.2, 0.25) is 0 Å². The number of benzene rings is 1. The van der Waals surface area contributed by atoms with E-state index in [1.165, 1.54) is 11.1 Å². The molecule has 0 atom stereocenters. The maximum Gasteiger partial charge on any atom is 0.191 e. The first-order valence-corrected chi connectivity index (χ1v) is 7.80. The maximum atomic E-state index is 5.16. The lowest BCUT2D eigenvalue weighted by atomic mass is 10.1. The van der Waals surface area contributed by atoms with E-state index < -0.39 is 0 Å². The van der Waals surface area contributed by atoms with Gasteiger partial charge in [0.2, 0.25) is 0 Å². The van der Waals surface area contributed by atoms with Crippen LogP contribution in [0.15, 0.2) is 47.7 Å². The van der Waals surface area contributed by atoms with Crippen LogP contribution in [0.4, 0.5) is 0 Å². The van der Waals surface area contributed by atoms with Crippen LogP contribution in [-0.4, -0.2) is 36.4 Å². The molecule has 0 aliphatic heterocycles. The Hall–Kier alpha value is -2.34. The van der Waals surface area contributed by atoms with Crippen molar-refractivity contribution in [3.8, 4) is 0 Å². The highest BCUT2D eigenvalue weighted by Crippen LogP contribution is 2.06. The molecule has 0 spiro atoms. The minimum Gasteiger partial charge on any atom is -0.380 e. The van der Waals surface area contributed by atoms with Gasteiger partial charge in [0.1, 0.15) is 0 Å². The highest BCUT2D eigenvalue weighted by molar-refractivity contribution is 5.79. The Bertz CT molecular complexity index is 595. The molecule has 0 amide bonds. The van der Waals surface area contributed by atoms with Crippen molar-refractivity contribution in [1.82, 2.24) is 20.4 Å². The highest BCUT2D eigenvalue weighted by atomic mass is 16.5. The second-order valence-corrected chi connectivity index (χ2v) is 5.23. The van der Waals surface area contributed by atoms with Crippen molar-refractivity contribution < 1.29 is 4.74 Å². The Morgan fingerprint density at radius 3 is 2.87 bits per heavy atom. The summed E-state index contributed by atoms with van der Waals surface area (Å²) in [7, 11) is 3.49. The van der Waals surface area contributed by atoms with Gasteiger partial charge >= 0.3 is 0 Å². The number of rotatable bonds is 8. The number of hydrogen-bond donors (Lipinski definition) is 2. The minimum absolute atomic E-state index is 0.633. The zero-order valence-corrected chi connectivity index (χ0v) is 13.8. The van der Waals surface area contributed by atoms with Crippen LogP contribution in [0, 0.1) is 0 Å². The Morgan fingerprint density at radius 2 is 2.13 bits per heavy atom. The molecule has 23 heavy (non-hydrogen) atoms. The first kappa shape index (κ1) is 17.0. The van der Waals surface area contributed by atoms with Gasteiger partial charge < -0.3 is 15.4 Å². The van der Waals surface area contributed by atoms with E-state index in [1.54, 1.807) is 20.4 Å². The molecule has 0 saturated heterocycles. The van der Waals surface area contributed by atoms with Gasteiger partial charge in [-0.05, 0) is 23.6 Å². The number of guanidine groups is 1. The molecular weight excluding hydrogens is 290 g/mol. The van der Waals surface area contributed by atoms with E-state index in [-0.39, 0.29) is 0 Å². The first-order valence-electron chi connectivity index (χ1n) is 7.80. The molecule has 0 unspecified atom stereocenters. The molecule has 1 heterocycles. The average Bonchev–Trinajstić information content (AvgIpc) is 3.08. The van der Waals surface area contributed by atoms with Crippen LogP contribution in [0.5, 0.6) is 0 Å². The summed E-state index contributed by atoms with van der Waals surface area (Å²) >= 11 is 0. The fraction of sp³-hybridized carbons (Fsp3) is 0.412. The fourth-order valence-electron chi connectivity index (χ4n) is 2.28. The lowest BCUT2D eigenvalue weighted by Gasteiger charge is -2.12. The number of hydrogen-bond acceptors (Lipinski definition) is 3. The molecule has 2 N–H and O–H groups in total. The molecule has 0 aliphatic carbocycles. The van der Waals surface area contributed by atoms with Gasteiger partial charge in [0.05, 0.1) is 6.61 Å². The van der Waals surface area contributed by atoms with Crippen molar-refractivity contribution in [2.75, 3.05) is 20.7 Å². The van der Waals surface area contributed by atoms with Crippen molar-refractivity contribution in [2.45, 2.75) is 26.1 Å². The molecule has 2 aromatic rings. The molecule has 1 aromatic carbocycles. The predicted octanol–water partition coefficient (Wildman–Crippen LogP) is 1.78. The van der Waals surface area contributed by atoms with Gasteiger partial charge in [-0.15, -0.1) is 0 Å². The third kappa shape index (κ3) is 6.12. The van der Waals surface area contributed by atoms with E-state index in [0.29, 0.717) is 6.61 Å². The van der Waals surface area contributed by atoms with E-state index in [1.807, 2.05) is 23.0 Å². The molecule has 6 nitrogen and oxygen atoms in total. The van der Waals surface area contributed by atoms with Crippen LogP contribution < -0.4 is 10.6 Å². The predicted molar refractivity (Wildman–Crippen MR) is 92.2 cm³/mol. The normalized spacial score (nSPS) is 11.5. The maximum absolute atomic E-state index is 5.16. The Balaban J connectivity index is 1.71. The number of nitrogens with zero attached hydrogens (tertiary/aromatic N) is 3. The van der Waals surface area contributed by atoms with Gasteiger partial charge in [-0.25, -0.2) is 0 Å². The third-order valence-corrected chi connectivity index (χ3v) is 3.40. The Labute approximate surface area is 137 Å². The van der Waals surface area contributed by atoms with E-state index in [0.717, 1.165) is 32.0 Å². The summed E-state index contributed by atoms with van der Waals surface area (Å²) < 4.78 is 7.09. The van der Waals surface area contributed by atoms with Gasteiger partial charge in [0.15, 0.2) is 5.96 Å². The molecule has 0 aliphatic rings. The molecule has 0 radical (unpaired) electrons. The smallest absolute Gasteiger partial charge is 0.191 e. The topological polar surface area (TPSA) is 63.5 Å². The molecule has 0 bridgehead atoms. The lowest BCUT2D eigenvalue weighted by Crippen LogP contribution is -2.37. The summed E-state index contributed by atoms with van der Waals surface area (Å²) in [6, 6.07) is 10.3. The molecule has 1 aromatic heterocycles. The van der Waals surface area contributed by atoms with Gasteiger partial charge in [-0.1, -0.05) is 24.3 Å². The van der Waals surface area contributed by atoms with Crippen LogP contribution in [0.1, 0.15) is 17.5 Å². The number of methoxy groups -OCH3 is 1. The minimum atomic E-state index is 0.633. The van der Waals surface area contributed by atoms with Crippen LogP contribution in [-0.2, 0) is 24.4 Å².